The summed E-state index contributed by atoms with van der Waals surface area (Å²) in [5, 5.41) is 5.65. The molecule has 0 aliphatic heterocycles. The van der Waals surface area contributed by atoms with Gasteiger partial charge in [0.15, 0.2) is 0 Å². The Bertz CT molecular complexity index is 554. The van der Waals surface area contributed by atoms with Crippen molar-refractivity contribution < 1.29 is 4.79 Å². The molecule has 1 amide bonds. The summed E-state index contributed by atoms with van der Waals surface area (Å²) in [6.45, 7) is 1.94. The van der Waals surface area contributed by atoms with Gasteiger partial charge in [-0.1, -0.05) is 11.6 Å². The second kappa shape index (κ2) is 5.27. The number of aryl methyl sites for hydroxylation is 1. The van der Waals surface area contributed by atoms with Crippen LogP contribution in [-0.2, 0) is 0 Å². The molecule has 0 aliphatic rings. The molecule has 5 nitrogen and oxygen atoms in total. The Balaban J connectivity index is 2.26. The number of anilines is 2. The average molecular weight is 242 g/mol. The van der Waals surface area contributed by atoms with E-state index in [1.165, 1.54) is 0 Å². The van der Waals surface area contributed by atoms with E-state index in [-0.39, 0.29) is 5.91 Å². The molecular formula is C13H14N4O. The lowest BCUT2D eigenvalue weighted by Gasteiger charge is -2.09. The maximum atomic E-state index is 12.1. The molecule has 2 N–H and O–H groups in total. The van der Waals surface area contributed by atoms with Gasteiger partial charge < -0.3 is 5.32 Å². The van der Waals surface area contributed by atoms with Gasteiger partial charge in [0.1, 0.15) is 0 Å². The highest BCUT2D eigenvalue weighted by molar-refractivity contribution is 6.07. The summed E-state index contributed by atoms with van der Waals surface area (Å²) in [5.74, 6) is 0.0697. The SMILES string of the molecule is CNc1ccc(C)cc1C(=O)Nc1ncccn1. The number of carbonyl (C=O) groups excluding carboxylic acids is 1. The molecule has 1 heterocycles. The Morgan fingerprint density at radius 2 is 1.94 bits per heavy atom. The van der Waals surface area contributed by atoms with Crippen molar-refractivity contribution in [2.45, 2.75) is 6.92 Å². The molecule has 1 aromatic heterocycles. The second-order valence-corrected chi connectivity index (χ2v) is 3.83. The third kappa shape index (κ3) is 2.63. The maximum Gasteiger partial charge on any atom is 0.260 e. The molecule has 0 radical (unpaired) electrons. The molecule has 0 spiro atoms. The smallest absolute Gasteiger partial charge is 0.260 e. The standard InChI is InChI=1S/C13H14N4O/c1-9-4-5-11(14-2)10(8-9)12(18)17-13-15-6-3-7-16-13/h3-8,14H,1-2H3,(H,15,16,17,18). The third-order valence-electron chi connectivity index (χ3n) is 2.48. The van der Waals surface area contributed by atoms with Gasteiger partial charge in [0.2, 0.25) is 5.95 Å². The Kier molecular flexibility index (Phi) is 3.52. The van der Waals surface area contributed by atoms with Crippen LogP contribution in [0.2, 0.25) is 0 Å². The van der Waals surface area contributed by atoms with Crippen LogP contribution in [0.5, 0.6) is 0 Å². The van der Waals surface area contributed by atoms with E-state index in [4.69, 9.17) is 0 Å². The van der Waals surface area contributed by atoms with Crippen molar-refractivity contribution in [3.8, 4) is 0 Å². The lowest BCUT2D eigenvalue weighted by atomic mass is 10.1. The lowest BCUT2D eigenvalue weighted by molar-refractivity contribution is 0.102. The van der Waals surface area contributed by atoms with Crippen LogP contribution in [0.25, 0.3) is 0 Å². The number of nitrogens with zero attached hydrogens (tertiary/aromatic N) is 2. The molecule has 2 aromatic rings. The first-order valence-electron chi connectivity index (χ1n) is 5.57. The molecular weight excluding hydrogens is 228 g/mol. The predicted molar refractivity (Wildman–Crippen MR) is 70.7 cm³/mol. The molecule has 0 fully saturated rings. The summed E-state index contributed by atoms with van der Waals surface area (Å²) in [6.07, 6.45) is 3.16. The summed E-state index contributed by atoms with van der Waals surface area (Å²) < 4.78 is 0. The zero-order chi connectivity index (χ0) is 13.0. The molecule has 0 saturated heterocycles. The topological polar surface area (TPSA) is 66.9 Å². The summed E-state index contributed by atoms with van der Waals surface area (Å²) in [6, 6.07) is 7.34. The Labute approximate surface area is 105 Å². The molecule has 1 aromatic carbocycles. The van der Waals surface area contributed by atoms with E-state index < -0.39 is 0 Å². The van der Waals surface area contributed by atoms with Crippen molar-refractivity contribution in [1.82, 2.24) is 9.97 Å². The maximum absolute atomic E-state index is 12.1. The zero-order valence-electron chi connectivity index (χ0n) is 10.3. The van der Waals surface area contributed by atoms with Gasteiger partial charge in [0.05, 0.1) is 5.56 Å². The van der Waals surface area contributed by atoms with Gasteiger partial charge in [-0.2, -0.15) is 0 Å². The highest BCUT2D eigenvalue weighted by Crippen LogP contribution is 2.17. The average Bonchev–Trinajstić information content (AvgIpc) is 2.40. The number of amides is 1. The van der Waals surface area contributed by atoms with E-state index >= 15 is 0 Å². The van der Waals surface area contributed by atoms with E-state index in [0.717, 1.165) is 11.3 Å². The molecule has 2 rings (SSSR count). The number of hydrogen-bond donors (Lipinski definition) is 2. The summed E-state index contributed by atoms with van der Waals surface area (Å²) in [7, 11) is 1.78. The molecule has 92 valence electrons. The first-order chi connectivity index (χ1) is 8.70. The van der Waals surface area contributed by atoms with Crippen LogP contribution >= 0.6 is 0 Å². The van der Waals surface area contributed by atoms with Gasteiger partial charge in [-0.3, -0.25) is 10.1 Å². The second-order valence-electron chi connectivity index (χ2n) is 3.83. The van der Waals surface area contributed by atoms with Gasteiger partial charge in [0.25, 0.3) is 5.91 Å². The van der Waals surface area contributed by atoms with Crippen molar-refractivity contribution in [2.24, 2.45) is 0 Å². The van der Waals surface area contributed by atoms with Crippen molar-refractivity contribution in [3.05, 3.63) is 47.8 Å². The fraction of sp³-hybridized carbons (Fsp3) is 0.154. The first-order valence-corrected chi connectivity index (χ1v) is 5.57. The predicted octanol–water partition coefficient (Wildman–Crippen LogP) is 2.08. The number of hydrogen-bond acceptors (Lipinski definition) is 4. The van der Waals surface area contributed by atoms with Gasteiger partial charge in [-0.05, 0) is 25.1 Å². The number of benzene rings is 1. The monoisotopic (exact) mass is 242 g/mol. The summed E-state index contributed by atoms with van der Waals surface area (Å²) in [4.78, 5) is 20.0. The van der Waals surface area contributed by atoms with Crippen molar-refractivity contribution in [3.63, 3.8) is 0 Å². The Morgan fingerprint density at radius 3 is 2.61 bits per heavy atom. The van der Waals surface area contributed by atoms with Crippen LogP contribution in [0.3, 0.4) is 0 Å². The lowest BCUT2D eigenvalue weighted by Crippen LogP contribution is -2.15. The Hall–Kier alpha value is -2.43. The van der Waals surface area contributed by atoms with E-state index in [9.17, 15) is 4.79 Å². The minimum Gasteiger partial charge on any atom is -0.387 e. The largest absolute Gasteiger partial charge is 0.387 e. The Morgan fingerprint density at radius 1 is 1.22 bits per heavy atom. The van der Waals surface area contributed by atoms with Crippen molar-refractivity contribution in [1.29, 1.82) is 0 Å². The summed E-state index contributed by atoms with van der Waals surface area (Å²) >= 11 is 0. The molecule has 0 atom stereocenters. The quantitative estimate of drug-likeness (QED) is 0.864. The minimum absolute atomic E-state index is 0.228. The molecule has 0 bridgehead atoms. The van der Waals surface area contributed by atoms with Gasteiger partial charge in [-0.15, -0.1) is 0 Å². The number of nitrogens with one attached hydrogen (secondary N) is 2. The molecule has 18 heavy (non-hydrogen) atoms. The van der Waals surface area contributed by atoms with E-state index in [1.54, 1.807) is 25.5 Å². The highest BCUT2D eigenvalue weighted by Gasteiger charge is 2.12. The molecule has 0 unspecified atom stereocenters. The van der Waals surface area contributed by atoms with Crippen LogP contribution in [0.15, 0.2) is 36.7 Å². The fourth-order valence-electron chi connectivity index (χ4n) is 1.60. The third-order valence-corrected chi connectivity index (χ3v) is 2.48. The number of rotatable bonds is 3. The normalized spacial score (nSPS) is 9.89. The van der Waals surface area contributed by atoms with Crippen LogP contribution in [0.4, 0.5) is 11.6 Å². The van der Waals surface area contributed by atoms with E-state index in [0.29, 0.717) is 11.5 Å². The highest BCUT2D eigenvalue weighted by atomic mass is 16.1. The van der Waals surface area contributed by atoms with E-state index in [2.05, 4.69) is 20.6 Å². The van der Waals surface area contributed by atoms with Crippen molar-refractivity contribution >= 4 is 17.5 Å². The molecule has 0 saturated carbocycles. The number of aromatic nitrogens is 2. The zero-order valence-corrected chi connectivity index (χ0v) is 10.3. The van der Waals surface area contributed by atoms with Crippen LogP contribution < -0.4 is 10.6 Å². The van der Waals surface area contributed by atoms with Crippen molar-refractivity contribution in [2.75, 3.05) is 17.7 Å². The van der Waals surface area contributed by atoms with Gasteiger partial charge >= 0.3 is 0 Å². The van der Waals surface area contributed by atoms with E-state index in [1.807, 2.05) is 25.1 Å². The number of carbonyl (C=O) groups is 1. The fourth-order valence-corrected chi connectivity index (χ4v) is 1.60. The molecule has 5 heteroatoms. The molecule has 0 aliphatic carbocycles. The first kappa shape index (κ1) is 12.0. The van der Waals surface area contributed by atoms with Gasteiger partial charge in [0, 0.05) is 25.1 Å². The van der Waals surface area contributed by atoms with Gasteiger partial charge in [-0.25, -0.2) is 9.97 Å². The summed E-state index contributed by atoms with van der Waals surface area (Å²) in [5.41, 5.74) is 2.37. The minimum atomic E-state index is -0.228. The van der Waals surface area contributed by atoms with Crippen LogP contribution in [0.1, 0.15) is 15.9 Å². The van der Waals surface area contributed by atoms with Crippen LogP contribution in [-0.4, -0.2) is 22.9 Å². The van der Waals surface area contributed by atoms with Crippen LogP contribution in [0, 0.1) is 6.92 Å².